The number of carbonyl (C=O) groups excluding carboxylic acids is 1. The zero-order chi connectivity index (χ0) is 19.2. The molecule has 0 fully saturated rings. The molecule has 1 aromatic carbocycles. The van der Waals surface area contributed by atoms with E-state index in [4.69, 9.17) is 9.15 Å². The molecule has 1 amide bonds. The molecule has 2 heterocycles. The van der Waals surface area contributed by atoms with Crippen molar-refractivity contribution >= 4 is 17.2 Å². The van der Waals surface area contributed by atoms with Crippen molar-refractivity contribution in [3.63, 3.8) is 0 Å². The molecule has 0 aliphatic rings. The molecular weight excluding hydrogens is 362 g/mol. The second kappa shape index (κ2) is 8.83. The van der Waals surface area contributed by atoms with E-state index in [2.05, 4.69) is 10.3 Å². The lowest BCUT2D eigenvalue weighted by atomic mass is 10.2. The Kier molecular flexibility index (Phi) is 6.26. The smallest absolute Gasteiger partial charge is 0.226 e. The van der Waals surface area contributed by atoms with Crippen LogP contribution in [0.3, 0.4) is 0 Å². The average molecular weight is 385 g/mol. The molecule has 3 aromatic rings. The van der Waals surface area contributed by atoms with E-state index in [0.717, 1.165) is 27.8 Å². The molecule has 0 bridgehead atoms. The van der Waals surface area contributed by atoms with E-state index >= 15 is 0 Å². The number of hydrogen-bond donors (Lipinski definition) is 1. The van der Waals surface area contributed by atoms with Gasteiger partial charge in [-0.25, -0.2) is 4.98 Å². The topological polar surface area (TPSA) is 67.6 Å². The molecule has 0 unspecified atom stereocenters. The molecule has 0 saturated heterocycles. The van der Waals surface area contributed by atoms with Crippen molar-refractivity contribution in [3.05, 3.63) is 59.5 Å². The van der Waals surface area contributed by atoms with Crippen LogP contribution in [0.15, 0.2) is 52.5 Å². The van der Waals surface area contributed by atoms with Crippen LogP contribution in [0.4, 0.5) is 0 Å². The van der Waals surface area contributed by atoms with Gasteiger partial charge < -0.3 is 14.5 Å². The first-order valence-corrected chi connectivity index (χ1v) is 9.50. The van der Waals surface area contributed by atoms with Crippen LogP contribution in [0.2, 0.25) is 0 Å². The van der Waals surface area contributed by atoms with Crippen molar-refractivity contribution in [1.29, 1.82) is 0 Å². The molecule has 0 spiro atoms. The number of nitrogens with zero attached hydrogens (tertiary/aromatic N) is 2. The molecule has 0 radical (unpaired) electrons. The van der Waals surface area contributed by atoms with Crippen molar-refractivity contribution in [2.24, 2.45) is 0 Å². The summed E-state index contributed by atoms with van der Waals surface area (Å²) in [6.45, 7) is 0.481. The second-order valence-electron chi connectivity index (χ2n) is 6.35. The van der Waals surface area contributed by atoms with E-state index in [1.807, 2.05) is 60.8 Å². The monoisotopic (exact) mass is 385 g/mol. The number of amides is 1. The molecule has 3 rings (SSSR count). The predicted molar refractivity (Wildman–Crippen MR) is 106 cm³/mol. The van der Waals surface area contributed by atoms with Crippen LogP contribution in [0.5, 0.6) is 5.75 Å². The molecule has 1 N–H and O–H groups in total. The van der Waals surface area contributed by atoms with Gasteiger partial charge in [0.15, 0.2) is 0 Å². The number of hydrogen-bond acceptors (Lipinski definition) is 6. The van der Waals surface area contributed by atoms with Crippen molar-refractivity contribution in [3.8, 4) is 16.3 Å². The summed E-state index contributed by atoms with van der Waals surface area (Å²) < 4.78 is 10.6. The summed E-state index contributed by atoms with van der Waals surface area (Å²) in [7, 11) is 5.56. The van der Waals surface area contributed by atoms with Gasteiger partial charge in [-0.2, -0.15) is 0 Å². The van der Waals surface area contributed by atoms with E-state index in [1.54, 1.807) is 13.4 Å². The highest BCUT2D eigenvalue weighted by Gasteiger charge is 2.18. The maximum atomic E-state index is 12.3. The Morgan fingerprint density at radius 3 is 2.70 bits per heavy atom. The zero-order valence-corrected chi connectivity index (χ0v) is 16.5. The summed E-state index contributed by atoms with van der Waals surface area (Å²) in [5.41, 5.74) is 1.78. The maximum absolute atomic E-state index is 12.3. The molecule has 2 aromatic heterocycles. The van der Waals surface area contributed by atoms with Crippen LogP contribution in [0, 0.1) is 0 Å². The number of furan rings is 1. The molecule has 142 valence electrons. The highest BCUT2D eigenvalue weighted by atomic mass is 32.1. The van der Waals surface area contributed by atoms with Crippen LogP contribution in [-0.4, -0.2) is 43.5 Å². The fraction of sp³-hybridized carbons (Fsp3) is 0.300. The number of methoxy groups -OCH3 is 1. The van der Waals surface area contributed by atoms with Gasteiger partial charge in [-0.3, -0.25) is 9.69 Å². The molecule has 0 aliphatic carbocycles. The Balaban J connectivity index is 1.57. The number of benzene rings is 1. The number of aromatic nitrogens is 1. The van der Waals surface area contributed by atoms with Gasteiger partial charge >= 0.3 is 0 Å². The van der Waals surface area contributed by atoms with E-state index < -0.39 is 0 Å². The SMILES string of the molecule is COc1ccc(-c2nc(CC(=O)NC[C@@H](c3ccco3)N(C)C)cs2)cc1. The third-order valence-corrected chi connectivity index (χ3v) is 5.16. The Bertz CT molecular complexity index is 857. The first kappa shape index (κ1) is 19.1. The fourth-order valence-electron chi connectivity index (χ4n) is 2.71. The van der Waals surface area contributed by atoms with Crippen molar-refractivity contribution < 1.29 is 13.9 Å². The standard InChI is InChI=1S/C20H23N3O3S/c1-23(2)17(18-5-4-10-26-18)12-21-19(24)11-15-13-27-20(22-15)14-6-8-16(25-3)9-7-14/h4-10,13,17H,11-12H2,1-3H3,(H,21,24)/t17-/m0/s1. The van der Waals surface area contributed by atoms with E-state index in [0.29, 0.717) is 6.54 Å². The van der Waals surface area contributed by atoms with Crippen LogP contribution in [-0.2, 0) is 11.2 Å². The van der Waals surface area contributed by atoms with Gasteiger partial charge in [0.25, 0.3) is 0 Å². The van der Waals surface area contributed by atoms with Gasteiger partial charge in [0.1, 0.15) is 16.5 Å². The number of carbonyl (C=O) groups is 1. The lowest BCUT2D eigenvalue weighted by molar-refractivity contribution is -0.120. The third-order valence-electron chi connectivity index (χ3n) is 4.22. The fourth-order valence-corrected chi connectivity index (χ4v) is 3.54. The highest BCUT2D eigenvalue weighted by Crippen LogP contribution is 2.26. The summed E-state index contributed by atoms with van der Waals surface area (Å²) in [5, 5.41) is 5.79. The predicted octanol–water partition coefficient (Wildman–Crippen LogP) is 3.37. The first-order chi connectivity index (χ1) is 13.1. The summed E-state index contributed by atoms with van der Waals surface area (Å²) in [4.78, 5) is 18.9. The Hall–Kier alpha value is -2.64. The molecule has 1 atom stereocenters. The van der Waals surface area contributed by atoms with Gasteiger partial charge in [0.2, 0.25) is 5.91 Å². The molecule has 0 saturated carbocycles. The van der Waals surface area contributed by atoms with Crippen LogP contribution in [0.25, 0.3) is 10.6 Å². The molecule has 27 heavy (non-hydrogen) atoms. The van der Waals surface area contributed by atoms with Gasteiger partial charge in [-0.15, -0.1) is 11.3 Å². The van der Waals surface area contributed by atoms with E-state index in [9.17, 15) is 4.79 Å². The van der Waals surface area contributed by atoms with Crippen LogP contribution >= 0.6 is 11.3 Å². The third kappa shape index (κ3) is 4.96. The summed E-state index contributed by atoms with van der Waals surface area (Å²) in [5.74, 6) is 1.58. The summed E-state index contributed by atoms with van der Waals surface area (Å²) in [6, 6.07) is 11.5. The average Bonchev–Trinajstić information content (AvgIpc) is 3.34. The number of thiazole rings is 1. The first-order valence-electron chi connectivity index (χ1n) is 8.62. The maximum Gasteiger partial charge on any atom is 0.226 e. The normalized spacial score (nSPS) is 12.1. The Labute approximate surface area is 162 Å². The minimum Gasteiger partial charge on any atom is -0.497 e. The van der Waals surface area contributed by atoms with Gasteiger partial charge in [-0.1, -0.05) is 0 Å². The molecule has 7 heteroatoms. The van der Waals surface area contributed by atoms with Crippen molar-refractivity contribution in [2.75, 3.05) is 27.7 Å². The summed E-state index contributed by atoms with van der Waals surface area (Å²) in [6.07, 6.45) is 1.90. The number of likely N-dealkylation sites (N-methyl/N-ethyl adjacent to an activating group) is 1. The second-order valence-corrected chi connectivity index (χ2v) is 7.21. The molecule has 6 nitrogen and oxygen atoms in total. The minimum absolute atomic E-state index is 0.00533. The van der Waals surface area contributed by atoms with E-state index in [-0.39, 0.29) is 18.4 Å². The quantitative estimate of drug-likeness (QED) is 0.644. The van der Waals surface area contributed by atoms with Gasteiger partial charge in [0, 0.05) is 17.5 Å². The molecular formula is C20H23N3O3S. The van der Waals surface area contributed by atoms with Crippen LogP contribution < -0.4 is 10.1 Å². The van der Waals surface area contributed by atoms with E-state index in [1.165, 1.54) is 11.3 Å². The largest absolute Gasteiger partial charge is 0.497 e. The Morgan fingerprint density at radius 2 is 2.07 bits per heavy atom. The van der Waals surface area contributed by atoms with Crippen molar-refractivity contribution in [2.45, 2.75) is 12.5 Å². The summed E-state index contributed by atoms with van der Waals surface area (Å²) >= 11 is 1.53. The highest BCUT2D eigenvalue weighted by molar-refractivity contribution is 7.13. The number of rotatable bonds is 8. The lowest BCUT2D eigenvalue weighted by Crippen LogP contribution is -2.35. The lowest BCUT2D eigenvalue weighted by Gasteiger charge is -2.22. The number of ether oxygens (including phenoxy) is 1. The van der Waals surface area contributed by atoms with Crippen LogP contribution in [0.1, 0.15) is 17.5 Å². The number of nitrogens with one attached hydrogen (secondary N) is 1. The zero-order valence-electron chi connectivity index (χ0n) is 15.6. The van der Waals surface area contributed by atoms with Gasteiger partial charge in [-0.05, 0) is 50.5 Å². The molecule has 0 aliphatic heterocycles. The van der Waals surface area contributed by atoms with Gasteiger partial charge in [0.05, 0.1) is 31.5 Å². The minimum atomic E-state index is -0.0556. The van der Waals surface area contributed by atoms with Crippen molar-refractivity contribution in [1.82, 2.24) is 15.2 Å². The Morgan fingerprint density at radius 1 is 1.30 bits per heavy atom.